The van der Waals surface area contributed by atoms with E-state index in [0.29, 0.717) is 0 Å². The highest BCUT2D eigenvalue weighted by atomic mass is 19.1. The van der Waals surface area contributed by atoms with Gasteiger partial charge in [0, 0.05) is 6.20 Å². The van der Waals surface area contributed by atoms with Gasteiger partial charge in [-0.3, -0.25) is 0 Å². The van der Waals surface area contributed by atoms with Crippen molar-refractivity contribution in [2.24, 2.45) is 0 Å². The fourth-order valence-electron chi connectivity index (χ4n) is 1.15. The number of aromatic nitrogens is 3. The molecule has 1 saturated carbocycles. The van der Waals surface area contributed by atoms with Gasteiger partial charge >= 0.3 is 0 Å². The fraction of sp³-hybridized carbons (Fsp3) is 0.714. The standard InChI is InChI=1S/C7H10FN3/c1-6-4-11(10-9-6)7(5-8)2-3-7/h4H,2-3,5H2,1H3. The Bertz CT molecular complexity index is 264. The van der Waals surface area contributed by atoms with Crippen LogP contribution in [0.2, 0.25) is 0 Å². The molecule has 0 unspecified atom stereocenters. The van der Waals surface area contributed by atoms with E-state index in [1.54, 1.807) is 10.9 Å². The highest BCUT2D eigenvalue weighted by Crippen LogP contribution is 2.42. The molecule has 0 aliphatic heterocycles. The summed E-state index contributed by atoms with van der Waals surface area (Å²) in [6.07, 6.45) is 3.59. The zero-order valence-electron chi connectivity index (χ0n) is 6.42. The van der Waals surface area contributed by atoms with Gasteiger partial charge in [-0.25, -0.2) is 9.07 Å². The summed E-state index contributed by atoms with van der Waals surface area (Å²) in [5.41, 5.74) is 0.533. The van der Waals surface area contributed by atoms with Gasteiger partial charge < -0.3 is 0 Å². The van der Waals surface area contributed by atoms with E-state index < -0.39 is 0 Å². The molecule has 1 heterocycles. The molecule has 0 N–H and O–H groups in total. The van der Waals surface area contributed by atoms with Gasteiger partial charge in [-0.2, -0.15) is 0 Å². The third kappa shape index (κ3) is 0.931. The van der Waals surface area contributed by atoms with E-state index in [1.807, 2.05) is 6.92 Å². The summed E-state index contributed by atoms with van der Waals surface area (Å²) < 4.78 is 14.1. The first-order valence-electron chi connectivity index (χ1n) is 3.72. The predicted octanol–water partition coefficient (Wildman–Crippen LogP) is 1.05. The smallest absolute Gasteiger partial charge is 0.115 e. The van der Waals surface area contributed by atoms with Crippen molar-refractivity contribution in [1.82, 2.24) is 15.0 Å². The third-order valence-corrected chi connectivity index (χ3v) is 2.17. The van der Waals surface area contributed by atoms with Crippen LogP contribution in [0.15, 0.2) is 6.20 Å². The number of hydrogen-bond acceptors (Lipinski definition) is 2. The molecule has 1 aliphatic carbocycles. The molecular weight excluding hydrogens is 145 g/mol. The molecule has 0 atom stereocenters. The predicted molar refractivity (Wildman–Crippen MR) is 37.9 cm³/mol. The first kappa shape index (κ1) is 6.76. The summed E-state index contributed by atoms with van der Waals surface area (Å²) >= 11 is 0. The topological polar surface area (TPSA) is 30.7 Å². The molecule has 0 spiro atoms. The lowest BCUT2D eigenvalue weighted by Gasteiger charge is -2.08. The highest BCUT2D eigenvalue weighted by molar-refractivity contribution is 5.02. The molecule has 1 aromatic heterocycles. The van der Waals surface area contributed by atoms with Gasteiger partial charge in [-0.1, -0.05) is 5.21 Å². The lowest BCUT2D eigenvalue weighted by Crippen LogP contribution is -2.19. The average molecular weight is 155 g/mol. The molecule has 0 saturated heterocycles. The van der Waals surface area contributed by atoms with Gasteiger partial charge in [-0.05, 0) is 19.8 Å². The van der Waals surface area contributed by atoms with Gasteiger partial charge in [0.15, 0.2) is 0 Å². The minimum Gasteiger partial charge on any atom is -0.248 e. The van der Waals surface area contributed by atoms with Crippen LogP contribution in [-0.4, -0.2) is 21.7 Å². The largest absolute Gasteiger partial charge is 0.248 e. The molecular formula is C7H10FN3. The number of halogens is 1. The Morgan fingerprint density at radius 3 is 2.82 bits per heavy atom. The molecule has 11 heavy (non-hydrogen) atoms. The molecule has 1 aromatic rings. The minimum atomic E-state index is -0.324. The summed E-state index contributed by atoms with van der Waals surface area (Å²) in [5, 5.41) is 7.66. The van der Waals surface area contributed by atoms with Crippen molar-refractivity contribution in [3.8, 4) is 0 Å². The Labute approximate surface area is 64.2 Å². The molecule has 2 rings (SSSR count). The number of hydrogen-bond donors (Lipinski definition) is 0. The molecule has 60 valence electrons. The molecule has 4 heteroatoms. The highest BCUT2D eigenvalue weighted by Gasteiger charge is 2.46. The third-order valence-electron chi connectivity index (χ3n) is 2.17. The second-order valence-electron chi connectivity index (χ2n) is 3.16. The average Bonchev–Trinajstić information content (AvgIpc) is 2.70. The first-order chi connectivity index (χ1) is 5.27. The molecule has 1 aliphatic rings. The molecule has 0 radical (unpaired) electrons. The number of alkyl halides is 1. The maximum atomic E-state index is 12.4. The summed E-state index contributed by atoms with van der Waals surface area (Å²) in [5.74, 6) is 0. The maximum absolute atomic E-state index is 12.4. The van der Waals surface area contributed by atoms with Crippen LogP contribution >= 0.6 is 0 Å². The molecule has 0 bridgehead atoms. The van der Waals surface area contributed by atoms with Crippen LogP contribution in [0.1, 0.15) is 18.5 Å². The molecule has 0 aromatic carbocycles. The van der Waals surface area contributed by atoms with Crippen molar-refractivity contribution in [2.45, 2.75) is 25.3 Å². The van der Waals surface area contributed by atoms with Crippen LogP contribution in [0.3, 0.4) is 0 Å². The lowest BCUT2D eigenvalue weighted by molar-refractivity contribution is 0.309. The zero-order valence-corrected chi connectivity index (χ0v) is 6.42. The van der Waals surface area contributed by atoms with Crippen molar-refractivity contribution in [2.75, 3.05) is 6.67 Å². The summed E-state index contributed by atoms with van der Waals surface area (Å²) in [6, 6.07) is 0. The summed E-state index contributed by atoms with van der Waals surface area (Å²) in [6.45, 7) is 1.54. The van der Waals surface area contributed by atoms with Crippen LogP contribution in [0.4, 0.5) is 4.39 Å². The van der Waals surface area contributed by atoms with Gasteiger partial charge in [0.05, 0.1) is 11.2 Å². The van der Waals surface area contributed by atoms with Crippen molar-refractivity contribution < 1.29 is 4.39 Å². The Balaban J connectivity index is 2.29. The second kappa shape index (κ2) is 2.03. The summed E-state index contributed by atoms with van der Waals surface area (Å²) in [4.78, 5) is 0. The van der Waals surface area contributed by atoms with E-state index >= 15 is 0 Å². The molecule has 1 fully saturated rings. The van der Waals surface area contributed by atoms with Crippen LogP contribution in [0, 0.1) is 6.92 Å². The van der Waals surface area contributed by atoms with E-state index in [-0.39, 0.29) is 12.2 Å². The number of aryl methyl sites for hydroxylation is 1. The van der Waals surface area contributed by atoms with E-state index in [4.69, 9.17) is 0 Å². The van der Waals surface area contributed by atoms with E-state index in [0.717, 1.165) is 18.5 Å². The van der Waals surface area contributed by atoms with E-state index in [9.17, 15) is 4.39 Å². The Hall–Kier alpha value is -0.930. The number of nitrogens with zero attached hydrogens (tertiary/aromatic N) is 3. The van der Waals surface area contributed by atoms with Gasteiger partial charge in [0.2, 0.25) is 0 Å². The van der Waals surface area contributed by atoms with Crippen molar-refractivity contribution >= 4 is 0 Å². The second-order valence-corrected chi connectivity index (χ2v) is 3.16. The zero-order chi connectivity index (χ0) is 7.90. The monoisotopic (exact) mass is 155 g/mol. The minimum absolute atomic E-state index is 0.318. The SMILES string of the molecule is Cc1cn(C2(CF)CC2)nn1. The molecule has 0 amide bonds. The van der Waals surface area contributed by atoms with Crippen molar-refractivity contribution in [3.63, 3.8) is 0 Å². The molecule has 3 nitrogen and oxygen atoms in total. The fourth-order valence-corrected chi connectivity index (χ4v) is 1.15. The summed E-state index contributed by atoms with van der Waals surface area (Å²) in [7, 11) is 0. The lowest BCUT2D eigenvalue weighted by atomic mass is 10.3. The van der Waals surface area contributed by atoms with Crippen LogP contribution in [0.25, 0.3) is 0 Å². The van der Waals surface area contributed by atoms with Crippen LogP contribution in [0.5, 0.6) is 0 Å². The van der Waals surface area contributed by atoms with Crippen molar-refractivity contribution in [3.05, 3.63) is 11.9 Å². The maximum Gasteiger partial charge on any atom is 0.115 e. The Kier molecular flexibility index (Phi) is 1.25. The first-order valence-corrected chi connectivity index (χ1v) is 3.72. The normalized spacial score (nSPS) is 20.2. The van der Waals surface area contributed by atoms with Gasteiger partial charge in [0.1, 0.15) is 6.67 Å². The Morgan fingerprint density at radius 1 is 1.73 bits per heavy atom. The number of rotatable bonds is 2. The quantitative estimate of drug-likeness (QED) is 0.639. The van der Waals surface area contributed by atoms with E-state index in [1.165, 1.54) is 0 Å². The Morgan fingerprint density at radius 2 is 2.45 bits per heavy atom. The van der Waals surface area contributed by atoms with Crippen LogP contribution in [-0.2, 0) is 5.54 Å². The van der Waals surface area contributed by atoms with E-state index in [2.05, 4.69) is 10.3 Å². The van der Waals surface area contributed by atoms with Gasteiger partial charge in [0.25, 0.3) is 0 Å². The van der Waals surface area contributed by atoms with Crippen molar-refractivity contribution in [1.29, 1.82) is 0 Å². The van der Waals surface area contributed by atoms with Gasteiger partial charge in [-0.15, -0.1) is 5.10 Å². The van der Waals surface area contributed by atoms with Crippen LogP contribution < -0.4 is 0 Å².